The molecule has 2 nitrogen and oxygen atoms in total. The van der Waals surface area contributed by atoms with E-state index in [1.54, 1.807) is 11.8 Å². The predicted octanol–water partition coefficient (Wildman–Crippen LogP) is 3.76. The third kappa shape index (κ3) is 4.51. The molecule has 0 spiro atoms. The molecule has 20 heavy (non-hydrogen) atoms. The molecule has 2 rings (SSSR count). The molecule has 0 aromatic heterocycles. The summed E-state index contributed by atoms with van der Waals surface area (Å²) in [5.74, 6) is 0. The first kappa shape index (κ1) is 15.9. The summed E-state index contributed by atoms with van der Waals surface area (Å²) in [6.45, 7) is 10.4. The first-order valence-corrected chi connectivity index (χ1v) is 8.83. The highest BCUT2D eigenvalue weighted by atomic mass is 32.2. The second-order valence-electron chi connectivity index (χ2n) is 6.66. The summed E-state index contributed by atoms with van der Waals surface area (Å²) in [7, 11) is 0. The fourth-order valence-electron chi connectivity index (χ4n) is 2.76. The van der Waals surface area contributed by atoms with Crippen LogP contribution in [-0.4, -0.2) is 35.8 Å². The molecule has 0 unspecified atom stereocenters. The highest BCUT2D eigenvalue weighted by Crippen LogP contribution is 2.20. The van der Waals surface area contributed by atoms with Gasteiger partial charge >= 0.3 is 0 Å². The number of hydrogen-bond donors (Lipinski definition) is 1. The van der Waals surface area contributed by atoms with E-state index in [2.05, 4.69) is 61.5 Å². The van der Waals surface area contributed by atoms with Gasteiger partial charge in [0.15, 0.2) is 0 Å². The zero-order valence-corrected chi connectivity index (χ0v) is 14.1. The van der Waals surface area contributed by atoms with Gasteiger partial charge in [-0.2, -0.15) is 0 Å². The standard InChI is InChI=1S/C17H28N2S/c1-17(2,3)19-11-9-15(10-12-19)18-13-14-5-7-16(20-4)8-6-14/h5-8,15,18H,9-13H2,1-4H3. The lowest BCUT2D eigenvalue weighted by molar-refractivity contribution is 0.0960. The van der Waals surface area contributed by atoms with Gasteiger partial charge in [0, 0.05) is 36.1 Å². The molecule has 1 fully saturated rings. The van der Waals surface area contributed by atoms with E-state index in [9.17, 15) is 0 Å². The summed E-state index contributed by atoms with van der Waals surface area (Å²) in [5, 5.41) is 3.71. The Labute approximate surface area is 128 Å². The van der Waals surface area contributed by atoms with Crippen LogP contribution in [-0.2, 0) is 6.54 Å². The molecule has 1 N–H and O–H groups in total. The summed E-state index contributed by atoms with van der Waals surface area (Å²) in [6.07, 6.45) is 4.65. The largest absolute Gasteiger partial charge is 0.310 e. The van der Waals surface area contributed by atoms with E-state index in [1.807, 2.05) is 0 Å². The first-order chi connectivity index (χ1) is 9.49. The van der Waals surface area contributed by atoms with Crippen LogP contribution in [0.5, 0.6) is 0 Å². The molecule has 1 heterocycles. The Hall–Kier alpha value is -0.510. The molecule has 1 aliphatic rings. The van der Waals surface area contributed by atoms with Crippen molar-refractivity contribution < 1.29 is 0 Å². The number of nitrogens with one attached hydrogen (secondary N) is 1. The molecule has 0 radical (unpaired) electrons. The number of benzene rings is 1. The van der Waals surface area contributed by atoms with Gasteiger partial charge in [0.2, 0.25) is 0 Å². The molecule has 1 aromatic rings. The number of piperidine rings is 1. The minimum Gasteiger partial charge on any atom is -0.310 e. The van der Waals surface area contributed by atoms with Gasteiger partial charge < -0.3 is 5.32 Å². The van der Waals surface area contributed by atoms with Gasteiger partial charge in [-0.15, -0.1) is 11.8 Å². The van der Waals surface area contributed by atoms with Crippen LogP contribution in [0, 0.1) is 0 Å². The van der Waals surface area contributed by atoms with Crippen LogP contribution in [0.2, 0.25) is 0 Å². The van der Waals surface area contributed by atoms with E-state index in [-0.39, 0.29) is 0 Å². The van der Waals surface area contributed by atoms with Crippen molar-refractivity contribution in [1.82, 2.24) is 10.2 Å². The summed E-state index contributed by atoms with van der Waals surface area (Å²) in [5.41, 5.74) is 1.71. The van der Waals surface area contributed by atoms with Crippen molar-refractivity contribution in [3.8, 4) is 0 Å². The molecule has 1 aliphatic heterocycles. The molecular weight excluding hydrogens is 264 g/mol. The van der Waals surface area contributed by atoms with Gasteiger partial charge in [0.1, 0.15) is 0 Å². The van der Waals surface area contributed by atoms with Gasteiger partial charge in [-0.25, -0.2) is 0 Å². The second-order valence-corrected chi connectivity index (χ2v) is 7.54. The van der Waals surface area contributed by atoms with Crippen molar-refractivity contribution in [2.45, 2.75) is 56.6 Å². The van der Waals surface area contributed by atoms with Crippen LogP contribution in [0.1, 0.15) is 39.2 Å². The first-order valence-electron chi connectivity index (χ1n) is 7.60. The molecular formula is C17H28N2S. The Morgan fingerprint density at radius 1 is 1.15 bits per heavy atom. The highest BCUT2D eigenvalue weighted by molar-refractivity contribution is 7.98. The van der Waals surface area contributed by atoms with E-state index in [4.69, 9.17) is 0 Å². The van der Waals surface area contributed by atoms with Crippen LogP contribution in [0.15, 0.2) is 29.2 Å². The van der Waals surface area contributed by atoms with Crippen molar-refractivity contribution in [2.75, 3.05) is 19.3 Å². The van der Waals surface area contributed by atoms with Crippen molar-refractivity contribution in [3.05, 3.63) is 29.8 Å². The van der Waals surface area contributed by atoms with Crippen LogP contribution >= 0.6 is 11.8 Å². The molecule has 0 aliphatic carbocycles. The van der Waals surface area contributed by atoms with Crippen molar-refractivity contribution in [2.24, 2.45) is 0 Å². The Kier molecular flexibility index (Phi) is 5.53. The number of likely N-dealkylation sites (tertiary alicyclic amines) is 1. The normalized spacial score (nSPS) is 18.4. The van der Waals surface area contributed by atoms with Gasteiger partial charge in [0.05, 0.1) is 0 Å². The molecule has 0 atom stereocenters. The summed E-state index contributed by atoms with van der Waals surface area (Å²) < 4.78 is 0. The van der Waals surface area contributed by atoms with E-state index in [0.29, 0.717) is 11.6 Å². The average molecular weight is 292 g/mol. The van der Waals surface area contributed by atoms with Gasteiger partial charge in [-0.1, -0.05) is 12.1 Å². The molecule has 0 saturated carbocycles. The smallest absolute Gasteiger partial charge is 0.0208 e. The molecule has 112 valence electrons. The Balaban J connectivity index is 1.75. The number of nitrogens with zero attached hydrogens (tertiary/aromatic N) is 1. The topological polar surface area (TPSA) is 15.3 Å². The maximum Gasteiger partial charge on any atom is 0.0208 e. The lowest BCUT2D eigenvalue weighted by Gasteiger charge is -2.41. The summed E-state index contributed by atoms with van der Waals surface area (Å²) in [6, 6.07) is 9.58. The average Bonchev–Trinajstić information content (AvgIpc) is 2.45. The minimum atomic E-state index is 0.318. The Morgan fingerprint density at radius 3 is 2.25 bits per heavy atom. The van der Waals surface area contributed by atoms with Gasteiger partial charge in [-0.05, 0) is 57.6 Å². The van der Waals surface area contributed by atoms with E-state index < -0.39 is 0 Å². The maximum absolute atomic E-state index is 3.71. The number of hydrogen-bond acceptors (Lipinski definition) is 3. The number of thioether (sulfide) groups is 1. The van der Waals surface area contributed by atoms with E-state index in [0.717, 1.165) is 6.54 Å². The van der Waals surface area contributed by atoms with Crippen LogP contribution in [0.3, 0.4) is 0 Å². The van der Waals surface area contributed by atoms with Crippen molar-refractivity contribution in [3.63, 3.8) is 0 Å². The SMILES string of the molecule is CSc1ccc(CNC2CCN(C(C)(C)C)CC2)cc1. The molecule has 1 aromatic carbocycles. The van der Waals surface area contributed by atoms with Crippen LogP contribution in [0.4, 0.5) is 0 Å². The third-order valence-corrected chi connectivity index (χ3v) is 4.94. The summed E-state index contributed by atoms with van der Waals surface area (Å²) in [4.78, 5) is 3.94. The fraction of sp³-hybridized carbons (Fsp3) is 0.647. The number of rotatable bonds is 4. The maximum atomic E-state index is 3.71. The Bertz CT molecular complexity index is 400. The monoisotopic (exact) mass is 292 g/mol. The van der Waals surface area contributed by atoms with E-state index >= 15 is 0 Å². The summed E-state index contributed by atoms with van der Waals surface area (Å²) >= 11 is 1.80. The molecule has 3 heteroatoms. The molecule has 1 saturated heterocycles. The van der Waals surface area contributed by atoms with E-state index in [1.165, 1.54) is 36.4 Å². The Morgan fingerprint density at radius 2 is 1.75 bits per heavy atom. The highest BCUT2D eigenvalue weighted by Gasteiger charge is 2.26. The minimum absolute atomic E-state index is 0.318. The van der Waals surface area contributed by atoms with Gasteiger partial charge in [-0.3, -0.25) is 4.90 Å². The van der Waals surface area contributed by atoms with Crippen molar-refractivity contribution >= 4 is 11.8 Å². The van der Waals surface area contributed by atoms with Gasteiger partial charge in [0.25, 0.3) is 0 Å². The second kappa shape index (κ2) is 6.97. The lowest BCUT2D eigenvalue weighted by Crippen LogP contribution is -2.49. The molecule has 0 amide bonds. The lowest BCUT2D eigenvalue weighted by atomic mass is 9.98. The molecule has 0 bridgehead atoms. The van der Waals surface area contributed by atoms with Crippen LogP contribution < -0.4 is 5.32 Å². The quantitative estimate of drug-likeness (QED) is 0.851. The fourth-order valence-corrected chi connectivity index (χ4v) is 3.17. The zero-order valence-electron chi connectivity index (χ0n) is 13.3. The van der Waals surface area contributed by atoms with Crippen molar-refractivity contribution in [1.29, 1.82) is 0 Å². The third-order valence-electron chi connectivity index (χ3n) is 4.20. The zero-order chi connectivity index (χ0) is 14.6. The van der Waals surface area contributed by atoms with Crippen LogP contribution in [0.25, 0.3) is 0 Å². The predicted molar refractivity (Wildman–Crippen MR) is 89.4 cm³/mol.